The largest absolute Gasteiger partial charge is 0.403 e. The van der Waals surface area contributed by atoms with Crippen LogP contribution < -0.4 is 0 Å². The summed E-state index contributed by atoms with van der Waals surface area (Å²) in [6.07, 6.45) is 2.13. The zero-order valence-corrected chi connectivity index (χ0v) is 19.8. The SMILES string of the molecule is CC(C)(C)[Si](C)(C)O[C@@]12C[C@@H](CCC13OCCO3)N(C(=O)c1ccccc1)C2Cl. The molecule has 1 aromatic rings. The molecule has 2 bridgehead atoms. The Bertz CT molecular complexity index is 775. The summed E-state index contributed by atoms with van der Waals surface area (Å²) in [6, 6.07) is 9.38. The fourth-order valence-electron chi connectivity index (χ4n) is 4.72. The Labute approximate surface area is 179 Å². The summed E-state index contributed by atoms with van der Waals surface area (Å²) in [5, 5.41) is 0.00194. The van der Waals surface area contributed by atoms with Crippen LogP contribution in [0.4, 0.5) is 0 Å². The van der Waals surface area contributed by atoms with E-state index >= 15 is 0 Å². The van der Waals surface area contributed by atoms with Crippen LogP contribution in [0.1, 0.15) is 50.4 Å². The third-order valence-corrected chi connectivity index (χ3v) is 12.3. The smallest absolute Gasteiger partial charge is 0.255 e. The first-order valence-corrected chi connectivity index (χ1v) is 13.9. The van der Waals surface area contributed by atoms with Crippen molar-refractivity contribution < 1.29 is 18.7 Å². The quantitative estimate of drug-likeness (QED) is 0.388. The predicted molar refractivity (Wildman–Crippen MR) is 116 cm³/mol. The van der Waals surface area contributed by atoms with Gasteiger partial charge in [-0.05, 0) is 36.7 Å². The molecule has 1 amide bonds. The Morgan fingerprint density at radius 3 is 2.41 bits per heavy atom. The van der Waals surface area contributed by atoms with Crippen LogP contribution in [0.25, 0.3) is 0 Å². The lowest BCUT2D eigenvalue weighted by Gasteiger charge is -2.52. The predicted octanol–water partition coefficient (Wildman–Crippen LogP) is 4.76. The molecule has 1 saturated carbocycles. The van der Waals surface area contributed by atoms with Crippen molar-refractivity contribution >= 4 is 25.8 Å². The zero-order valence-electron chi connectivity index (χ0n) is 18.0. The number of amides is 1. The molecule has 5 nitrogen and oxygen atoms in total. The number of carbonyl (C=O) groups is 1. The van der Waals surface area contributed by atoms with Gasteiger partial charge < -0.3 is 18.8 Å². The monoisotopic (exact) mass is 437 g/mol. The van der Waals surface area contributed by atoms with Crippen molar-refractivity contribution in [1.82, 2.24) is 4.90 Å². The Morgan fingerprint density at radius 2 is 1.83 bits per heavy atom. The number of carbonyl (C=O) groups excluding carboxylic acids is 1. The molecule has 29 heavy (non-hydrogen) atoms. The van der Waals surface area contributed by atoms with Crippen LogP contribution in [0.5, 0.6) is 0 Å². The summed E-state index contributed by atoms with van der Waals surface area (Å²) in [5.41, 5.74) is -0.855. The highest BCUT2D eigenvalue weighted by molar-refractivity contribution is 6.74. The minimum Gasteiger partial charge on any atom is -0.403 e. The number of benzene rings is 1. The molecule has 3 atom stereocenters. The van der Waals surface area contributed by atoms with Crippen molar-refractivity contribution in [1.29, 1.82) is 0 Å². The van der Waals surface area contributed by atoms with Gasteiger partial charge in [-0.15, -0.1) is 0 Å². The summed E-state index contributed by atoms with van der Waals surface area (Å²) >= 11 is 7.15. The number of fused-ring (bicyclic) bond motifs is 3. The van der Waals surface area contributed by atoms with Gasteiger partial charge in [-0.3, -0.25) is 4.79 Å². The van der Waals surface area contributed by atoms with E-state index in [4.69, 9.17) is 25.5 Å². The molecule has 1 aromatic carbocycles. The number of ether oxygens (including phenoxy) is 2. The van der Waals surface area contributed by atoms with Gasteiger partial charge in [0.2, 0.25) is 0 Å². The zero-order chi connectivity index (χ0) is 21.1. The molecule has 160 valence electrons. The maximum Gasteiger partial charge on any atom is 0.255 e. The lowest BCUT2D eigenvalue weighted by atomic mass is 9.80. The minimum atomic E-state index is -2.22. The average molecular weight is 438 g/mol. The maximum absolute atomic E-state index is 13.4. The van der Waals surface area contributed by atoms with E-state index in [-0.39, 0.29) is 17.0 Å². The van der Waals surface area contributed by atoms with Gasteiger partial charge in [0.15, 0.2) is 14.1 Å². The first kappa shape index (κ1) is 21.3. The van der Waals surface area contributed by atoms with E-state index < -0.39 is 25.2 Å². The van der Waals surface area contributed by atoms with Gasteiger partial charge in [0.05, 0.1) is 13.2 Å². The van der Waals surface area contributed by atoms with Crippen molar-refractivity contribution in [3.05, 3.63) is 35.9 Å². The van der Waals surface area contributed by atoms with Crippen LogP contribution in [0.3, 0.4) is 0 Å². The molecule has 1 unspecified atom stereocenters. The number of hydrogen-bond donors (Lipinski definition) is 0. The highest BCUT2D eigenvalue weighted by Gasteiger charge is 2.72. The number of rotatable bonds is 3. The van der Waals surface area contributed by atoms with E-state index in [1.165, 1.54) is 0 Å². The first-order valence-electron chi connectivity index (χ1n) is 10.5. The number of halogens is 1. The molecule has 1 spiro atoms. The maximum atomic E-state index is 13.4. The Morgan fingerprint density at radius 1 is 1.21 bits per heavy atom. The fourth-order valence-corrected chi connectivity index (χ4v) is 6.91. The average Bonchev–Trinajstić information content (AvgIpc) is 3.21. The van der Waals surface area contributed by atoms with Crippen molar-refractivity contribution in [3.63, 3.8) is 0 Å². The Kier molecular flexibility index (Phi) is 5.19. The Balaban J connectivity index is 1.76. The van der Waals surface area contributed by atoms with E-state index in [2.05, 4.69) is 33.9 Å². The standard InChI is InChI=1S/C22H32ClNO4Si/c1-20(2,3)29(4,5)28-21-15-17(11-12-22(21)26-13-14-27-22)24(19(21)23)18(25)16-9-7-6-8-10-16/h6-10,17,19H,11-15H2,1-5H3/t17-,19?,21-/m1/s1. The van der Waals surface area contributed by atoms with Crippen molar-refractivity contribution in [2.24, 2.45) is 0 Å². The number of hydrogen-bond acceptors (Lipinski definition) is 4. The fraction of sp³-hybridized carbons (Fsp3) is 0.682. The number of nitrogens with zero attached hydrogens (tertiary/aromatic N) is 1. The lowest BCUT2D eigenvalue weighted by molar-refractivity contribution is -0.271. The molecule has 0 aromatic heterocycles. The second kappa shape index (κ2) is 7.06. The summed E-state index contributed by atoms with van der Waals surface area (Å²) < 4.78 is 19.5. The van der Waals surface area contributed by atoms with E-state index in [0.29, 0.717) is 31.6 Å². The van der Waals surface area contributed by atoms with Gasteiger partial charge in [0.25, 0.3) is 5.91 Å². The van der Waals surface area contributed by atoms with Gasteiger partial charge in [0, 0.05) is 24.4 Å². The molecule has 1 aliphatic carbocycles. The highest BCUT2D eigenvalue weighted by Crippen LogP contribution is 2.58. The third kappa shape index (κ3) is 3.19. The van der Waals surface area contributed by atoms with Crippen LogP contribution in [0.2, 0.25) is 18.1 Å². The summed E-state index contributed by atoms with van der Waals surface area (Å²) in [5.74, 6) is -0.927. The summed E-state index contributed by atoms with van der Waals surface area (Å²) in [6.45, 7) is 12.1. The molecular formula is C22H32ClNO4Si. The number of alkyl halides is 1. The third-order valence-electron chi connectivity index (χ3n) is 7.27. The van der Waals surface area contributed by atoms with E-state index in [9.17, 15) is 4.79 Å². The topological polar surface area (TPSA) is 48.0 Å². The molecule has 0 N–H and O–H groups in total. The van der Waals surface area contributed by atoms with Gasteiger partial charge in [0.1, 0.15) is 11.1 Å². The second-order valence-corrected chi connectivity index (χ2v) is 15.2. The molecule has 3 fully saturated rings. The van der Waals surface area contributed by atoms with Crippen LogP contribution in [-0.4, -0.2) is 55.3 Å². The minimum absolute atomic E-state index is 0.00194. The van der Waals surface area contributed by atoms with Crippen LogP contribution in [-0.2, 0) is 13.9 Å². The summed E-state index contributed by atoms with van der Waals surface area (Å²) in [4.78, 5) is 15.2. The van der Waals surface area contributed by atoms with E-state index in [0.717, 1.165) is 6.42 Å². The van der Waals surface area contributed by atoms with Crippen molar-refractivity contribution in [2.45, 2.75) is 81.1 Å². The first-order chi connectivity index (χ1) is 13.5. The van der Waals surface area contributed by atoms with E-state index in [1.807, 2.05) is 35.2 Å². The van der Waals surface area contributed by atoms with Gasteiger partial charge in [-0.25, -0.2) is 0 Å². The van der Waals surface area contributed by atoms with Gasteiger partial charge in [-0.1, -0.05) is 50.6 Å². The molecular weight excluding hydrogens is 406 g/mol. The normalized spacial score (nSPS) is 31.4. The van der Waals surface area contributed by atoms with Gasteiger partial charge >= 0.3 is 0 Å². The van der Waals surface area contributed by atoms with Crippen molar-refractivity contribution in [3.8, 4) is 0 Å². The molecule has 2 saturated heterocycles. The molecule has 0 radical (unpaired) electrons. The Hall–Kier alpha value is -0.923. The highest BCUT2D eigenvalue weighted by atomic mass is 35.5. The lowest BCUT2D eigenvalue weighted by Crippen LogP contribution is -2.66. The number of likely N-dealkylation sites (tertiary alicyclic amines) is 1. The molecule has 2 aliphatic heterocycles. The van der Waals surface area contributed by atoms with Gasteiger partial charge in [-0.2, -0.15) is 0 Å². The summed E-state index contributed by atoms with van der Waals surface area (Å²) in [7, 11) is -2.22. The molecule has 3 aliphatic rings. The van der Waals surface area contributed by atoms with Crippen LogP contribution in [0.15, 0.2) is 30.3 Å². The molecule has 7 heteroatoms. The molecule has 2 heterocycles. The van der Waals surface area contributed by atoms with Crippen LogP contribution >= 0.6 is 11.6 Å². The van der Waals surface area contributed by atoms with Crippen LogP contribution in [0, 0.1) is 0 Å². The van der Waals surface area contributed by atoms with Crippen molar-refractivity contribution in [2.75, 3.05) is 13.2 Å². The molecule has 4 rings (SSSR count). The second-order valence-electron chi connectivity index (χ2n) is 10.0. The van der Waals surface area contributed by atoms with E-state index in [1.54, 1.807) is 0 Å².